The molecule has 0 fully saturated rings. The summed E-state index contributed by atoms with van der Waals surface area (Å²) in [5.41, 5.74) is -0.624. The summed E-state index contributed by atoms with van der Waals surface area (Å²) in [7, 11) is 0. The van der Waals surface area contributed by atoms with Crippen molar-refractivity contribution in [2.45, 2.75) is 18.8 Å². The monoisotopic (exact) mass is 322 g/mol. The number of carbonyl (C=O) groups excluding carboxylic acids is 1. The van der Waals surface area contributed by atoms with Gasteiger partial charge in [-0.05, 0) is 11.6 Å². The predicted molar refractivity (Wildman–Crippen MR) is 55.7 cm³/mol. The highest BCUT2D eigenvalue weighted by molar-refractivity contribution is 6.30. The van der Waals surface area contributed by atoms with E-state index in [-0.39, 0.29) is 0 Å². The molecule has 0 aliphatic carbocycles. The average Bonchev–Trinajstić information content (AvgIpc) is 2.20. The fraction of sp³-hybridized carbons (Fsp3) is 0.364. The van der Waals surface area contributed by atoms with E-state index < -0.39 is 46.9 Å². The zero-order valence-electron chi connectivity index (χ0n) is 9.45. The van der Waals surface area contributed by atoms with E-state index in [1.807, 2.05) is 0 Å². The van der Waals surface area contributed by atoms with Gasteiger partial charge >= 0.3 is 12.4 Å². The smallest absolute Gasteiger partial charge is 0.298 e. The maximum atomic E-state index is 13.4. The van der Waals surface area contributed by atoms with E-state index in [9.17, 15) is 35.5 Å². The second kappa shape index (κ2) is 5.59. The first-order valence-corrected chi connectivity index (χ1v) is 5.41. The Balaban J connectivity index is 3.07. The van der Waals surface area contributed by atoms with Gasteiger partial charge in [-0.25, -0.2) is 4.39 Å². The van der Waals surface area contributed by atoms with Crippen LogP contribution in [0.25, 0.3) is 0 Å². The fourth-order valence-corrected chi connectivity index (χ4v) is 1.72. The van der Waals surface area contributed by atoms with Crippen molar-refractivity contribution in [3.8, 4) is 0 Å². The van der Waals surface area contributed by atoms with Crippen molar-refractivity contribution in [2.75, 3.05) is 0 Å². The van der Waals surface area contributed by atoms with Gasteiger partial charge in [0.15, 0.2) is 5.78 Å². The Hall–Kier alpha value is -1.31. The Morgan fingerprint density at radius 3 is 2.05 bits per heavy atom. The summed E-state index contributed by atoms with van der Waals surface area (Å²) >= 11 is 5.33. The highest BCUT2D eigenvalue weighted by Crippen LogP contribution is 2.40. The Labute approximate surface area is 113 Å². The van der Waals surface area contributed by atoms with Crippen LogP contribution in [0.3, 0.4) is 0 Å². The molecule has 9 heteroatoms. The van der Waals surface area contributed by atoms with Crippen molar-refractivity contribution in [3.63, 3.8) is 0 Å². The SMILES string of the molecule is O=C(Cc1cccc(Cl)c1F)C(C(F)(F)F)C(F)(F)F. The number of alkyl halides is 6. The van der Waals surface area contributed by atoms with E-state index in [1.165, 1.54) is 0 Å². The van der Waals surface area contributed by atoms with Gasteiger partial charge < -0.3 is 0 Å². The average molecular weight is 323 g/mol. The second-order valence-corrected chi connectivity index (χ2v) is 4.28. The zero-order valence-corrected chi connectivity index (χ0v) is 10.2. The number of hydrogen-bond donors (Lipinski definition) is 0. The van der Waals surface area contributed by atoms with Crippen LogP contribution in [-0.4, -0.2) is 18.1 Å². The van der Waals surface area contributed by atoms with Crippen molar-refractivity contribution in [2.24, 2.45) is 5.92 Å². The first kappa shape index (κ1) is 16.7. The fourth-order valence-electron chi connectivity index (χ4n) is 1.53. The summed E-state index contributed by atoms with van der Waals surface area (Å²) in [6.45, 7) is 0. The van der Waals surface area contributed by atoms with Gasteiger partial charge in [0.05, 0.1) is 5.02 Å². The minimum absolute atomic E-state index is 0.495. The Morgan fingerprint density at radius 2 is 1.60 bits per heavy atom. The zero-order chi connectivity index (χ0) is 15.7. The topological polar surface area (TPSA) is 17.1 Å². The predicted octanol–water partition coefficient (Wildman–Crippen LogP) is 4.33. The quantitative estimate of drug-likeness (QED) is 0.757. The summed E-state index contributed by atoms with van der Waals surface area (Å²) in [4.78, 5) is 11.2. The minimum Gasteiger partial charge on any atom is -0.298 e. The highest BCUT2D eigenvalue weighted by Gasteiger charge is 2.60. The Kier molecular flexibility index (Phi) is 4.68. The molecule has 1 rings (SSSR count). The Bertz CT molecular complexity index is 492. The summed E-state index contributed by atoms with van der Waals surface area (Å²) in [6, 6.07) is 3.06. The molecular formula is C11H6ClF7O. The lowest BCUT2D eigenvalue weighted by atomic mass is 9.96. The van der Waals surface area contributed by atoms with E-state index in [1.54, 1.807) is 0 Å². The second-order valence-electron chi connectivity index (χ2n) is 3.87. The maximum absolute atomic E-state index is 13.4. The van der Waals surface area contributed by atoms with Crippen LogP contribution in [-0.2, 0) is 11.2 Å². The first-order chi connectivity index (χ1) is 8.94. The molecule has 0 bridgehead atoms. The van der Waals surface area contributed by atoms with E-state index in [4.69, 9.17) is 11.6 Å². The molecular weight excluding hydrogens is 317 g/mol. The Morgan fingerprint density at radius 1 is 1.10 bits per heavy atom. The van der Waals surface area contributed by atoms with Crippen molar-refractivity contribution < 1.29 is 35.5 Å². The standard InChI is InChI=1S/C11H6ClF7O/c12-6-3-1-2-5(8(6)13)4-7(20)9(10(14,15)16)11(17,18)19/h1-3,9H,4H2. The number of rotatable bonds is 3. The summed E-state index contributed by atoms with van der Waals surface area (Å²) in [6.07, 6.45) is -12.9. The summed E-state index contributed by atoms with van der Waals surface area (Å²) in [5.74, 6) is -7.55. The van der Waals surface area contributed by atoms with E-state index in [0.717, 1.165) is 18.2 Å². The van der Waals surface area contributed by atoms with Crippen LogP contribution in [0.15, 0.2) is 18.2 Å². The van der Waals surface area contributed by atoms with Crippen LogP contribution in [0, 0.1) is 11.7 Å². The highest BCUT2D eigenvalue weighted by atomic mass is 35.5. The van der Waals surface area contributed by atoms with Crippen molar-refractivity contribution in [3.05, 3.63) is 34.6 Å². The van der Waals surface area contributed by atoms with Gasteiger partial charge in [0.2, 0.25) is 5.92 Å². The van der Waals surface area contributed by atoms with E-state index >= 15 is 0 Å². The molecule has 1 aromatic carbocycles. The van der Waals surface area contributed by atoms with Crippen LogP contribution in [0.5, 0.6) is 0 Å². The molecule has 0 aromatic heterocycles. The largest absolute Gasteiger partial charge is 0.407 e. The number of carbonyl (C=O) groups is 1. The molecule has 0 unspecified atom stereocenters. The maximum Gasteiger partial charge on any atom is 0.407 e. The first-order valence-electron chi connectivity index (χ1n) is 5.03. The third kappa shape index (κ3) is 3.84. The third-order valence-corrected chi connectivity index (χ3v) is 2.66. The van der Waals surface area contributed by atoms with Gasteiger partial charge in [-0.15, -0.1) is 0 Å². The molecule has 0 saturated carbocycles. The van der Waals surface area contributed by atoms with Gasteiger partial charge in [0.1, 0.15) is 5.82 Å². The third-order valence-electron chi connectivity index (χ3n) is 2.37. The molecule has 0 aliphatic heterocycles. The molecule has 0 heterocycles. The van der Waals surface area contributed by atoms with Gasteiger partial charge in [-0.3, -0.25) is 4.79 Å². The van der Waals surface area contributed by atoms with Crippen molar-refractivity contribution in [1.29, 1.82) is 0 Å². The minimum atomic E-state index is -5.79. The number of ketones is 1. The summed E-state index contributed by atoms with van der Waals surface area (Å²) in [5, 5.41) is -0.495. The number of Topliss-reactive ketones (excluding diaryl/α,β-unsaturated/α-hetero) is 1. The van der Waals surface area contributed by atoms with Gasteiger partial charge in [0, 0.05) is 6.42 Å². The summed E-state index contributed by atoms with van der Waals surface area (Å²) < 4.78 is 87.1. The van der Waals surface area contributed by atoms with Crippen molar-refractivity contribution in [1.82, 2.24) is 0 Å². The van der Waals surface area contributed by atoms with Crippen LogP contribution in [0.4, 0.5) is 30.7 Å². The van der Waals surface area contributed by atoms with Crippen LogP contribution < -0.4 is 0 Å². The molecule has 0 aliphatic rings. The molecule has 1 nitrogen and oxygen atoms in total. The molecule has 1 aromatic rings. The molecule has 112 valence electrons. The lowest BCUT2D eigenvalue weighted by molar-refractivity contribution is -0.273. The normalized spacial score (nSPS) is 12.8. The van der Waals surface area contributed by atoms with Gasteiger partial charge in [0.25, 0.3) is 0 Å². The van der Waals surface area contributed by atoms with Crippen LogP contribution in [0.1, 0.15) is 5.56 Å². The molecule has 0 spiro atoms. The van der Waals surface area contributed by atoms with E-state index in [0.29, 0.717) is 0 Å². The van der Waals surface area contributed by atoms with Gasteiger partial charge in [-0.2, -0.15) is 26.3 Å². The van der Waals surface area contributed by atoms with Crippen molar-refractivity contribution >= 4 is 17.4 Å². The molecule has 0 amide bonds. The lowest BCUT2D eigenvalue weighted by Gasteiger charge is -2.21. The van der Waals surface area contributed by atoms with E-state index in [2.05, 4.69) is 0 Å². The van der Waals surface area contributed by atoms with Gasteiger partial charge in [-0.1, -0.05) is 23.7 Å². The molecule has 0 N–H and O–H groups in total. The molecule has 0 atom stereocenters. The van der Waals surface area contributed by atoms with Crippen LogP contribution >= 0.6 is 11.6 Å². The van der Waals surface area contributed by atoms with Crippen LogP contribution in [0.2, 0.25) is 5.02 Å². The number of hydrogen-bond acceptors (Lipinski definition) is 1. The molecule has 0 radical (unpaired) electrons. The molecule has 0 saturated heterocycles. The molecule has 20 heavy (non-hydrogen) atoms. The number of benzene rings is 1. The number of halogens is 8. The lowest BCUT2D eigenvalue weighted by Crippen LogP contribution is -2.43.